The van der Waals surface area contributed by atoms with E-state index in [4.69, 9.17) is 0 Å². The highest BCUT2D eigenvalue weighted by atomic mass is 15.3. The van der Waals surface area contributed by atoms with Crippen LogP contribution in [0.15, 0.2) is 0 Å². The van der Waals surface area contributed by atoms with Crippen molar-refractivity contribution in [2.45, 2.75) is 25.7 Å². The van der Waals surface area contributed by atoms with E-state index in [1.54, 1.807) is 25.7 Å². The fourth-order valence-electron chi connectivity index (χ4n) is 27.4. The second-order valence-corrected chi connectivity index (χ2v) is 19.7. The summed E-state index contributed by atoms with van der Waals surface area (Å²) < 4.78 is 0. The second-order valence-electron chi connectivity index (χ2n) is 19.7. The quantitative estimate of drug-likeness (QED) is 0.543. The average molecular weight is 427 g/mol. The Morgan fingerprint density at radius 3 is 1.42 bits per heavy atom. The van der Waals surface area contributed by atoms with Crippen LogP contribution in [0.2, 0.25) is 0 Å². The standard InChI is InChI=1S/C33H30/c1-5-2-8-12-14-18-13(11-7(1)27(5,8)17(11)12)19-23-25-21-15-9-3-6-4-10-16-22-26-24-20(14)29(18,19)31(23,24)33(25,26)32(21,22)30(15,16)28(6,9)10/h5-26H,1-4H2. The van der Waals surface area contributed by atoms with Crippen LogP contribution < -0.4 is 0 Å². The second kappa shape index (κ2) is 2.45. The van der Waals surface area contributed by atoms with Crippen LogP contribution in [0.5, 0.6) is 0 Å². The molecule has 0 amide bonds. The van der Waals surface area contributed by atoms with Gasteiger partial charge in [-0.3, -0.25) is 0 Å². The lowest BCUT2D eigenvalue weighted by Crippen LogP contribution is -3.30. The summed E-state index contributed by atoms with van der Waals surface area (Å²) >= 11 is 0. The van der Waals surface area contributed by atoms with Gasteiger partial charge in [0, 0.05) is 0 Å². The summed E-state index contributed by atoms with van der Waals surface area (Å²) in [6, 6.07) is 0. The summed E-state index contributed by atoms with van der Waals surface area (Å²) in [4.78, 5) is 0. The lowest BCUT2D eigenvalue weighted by molar-refractivity contribution is -0.867. The van der Waals surface area contributed by atoms with E-state index in [2.05, 4.69) is 0 Å². The van der Waals surface area contributed by atoms with Crippen LogP contribution >= 0.6 is 0 Å². The van der Waals surface area contributed by atoms with Crippen molar-refractivity contribution < 1.29 is 0 Å². The molecule has 0 saturated heterocycles. The van der Waals surface area contributed by atoms with Gasteiger partial charge in [-0.1, -0.05) is 0 Å². The van der Waals surface area contributed by atoms with Crippen LogP contribution in [0, 0.1) is 168 Å². The van der Waals surface area contributed by atoms with E-state index in [1.165, 1.54) is 130 Å². The van der Waals surface area contributed by atoms with Gasteiger partial charge in [0.25, 0.3) is 0 Å². The first-order valence-electron chi connectivity index (χ1n) is 16.4. The molecule has 0 nitrogen and oxygen atoms in total. The van der Waals surface area contributed by atoms with Gasteiger partial charge in [0.1, 0.15) is 0 Å². The Bertz CT molecular complexity index is 1410. The first kappa shape index (κ1) is 13.0. The molecule has 19 aliphatic rings. The first-order valence-corrected chi connectivity index (χ1v) is 16.4. The van der Waals surface area contributed by atoms with Crippen LogP contribution in [-0.4, -0.2) is 0 Å². The molecule has 0 aromatic carbocycles. The smallest absolute Gasteiger partial charge is 0.00933 e. The highest BCUT2D eigenvalue weighted by Crippen LogP contribution is 3.33. The van der Waals surface area contributed by atoms with Gasteiger partial charge in [-0.05, 0) is 194 Å². The molecule has 7 spiro atoms. The van der Waals surface area contributed by atoms with Gasteiger partial charge in [-0.2, -0.15) is 0 Å². The Kier molecular flexibility index (Phi) is 0.965. The van der Waals surface area contributed by atoms with E-state index >= 15 is 0 Å². The highest BCUT2D eigenvalue weighted by molar-refractivity contribution is 5.76. The van der Waals surface area contributed by atoms with Gasteiger partial charge in [0.2, 0.25) is 0 Å². The summed E-state index contributed by atoms with van der Waals surface area (Å²) in [6.45, 7) is 0. The molecule has 0 heterocycles. The van der Waals surface area contributed by atoms with Gasteiger partial charge in [0.15, 0.2) is 0 Å². The van der Waals surface area contributed by atoms with E-state index in [-0.39, 0.29) is 0 Å². The topological polar surface area (TPSA) is 0 Å². The normalized spacial score (nSPS) is 116. The third-order valence-electron chi connectivity index (χ3n) is 24.2. The fraction of sp³-hybridized carbons (Fsp3) is 1.00. The average Bonchev–Trinajstić information content (AvgIpc) is 2.66. The van der Waals surface area contributed by atoms with Gasteiger partial charge in [-0.25, -0.2) is 0 Å². The number of hydrogen-bond acceptors (Lipinski definition) is 0. The van der Waals surface area contributed by atoms with Crippen molar-refractivity contribution in [1.29, 1.82) is 0 Å². The monoisotopic (exact) mass is 426 g/mol. The van der Waals surface area contributed by atoms with Crippen LogP contribution in [-0.2, 0) is 0 Å². The maximum absolute atomic E-state index is 1.74. The number of fused-ring (bicyclic) bond motifs is 16. The number of rotatable bonds is 0. The Labute approximate surface area is 193 Å². The molecule has 33 heavy (non-hydrogen) atoms. The van der Waals surface area contributed by atoms with Crippen molar-refractivity contribution >= 4 is 0 Å². The Morgan fingerprint density at radius 2 is 0.848 bits per heavy atom. The van der Waals surface area contributed by atoms with E-state index in [9.17, 15) is 0 Å². The molecule has 19 rings (SSSR count). The van der Waals surface area contributed by atoms with Crippen molar-refractivity contribution in [2.24, 2.45) is 168 Å². The molecule has 0 radical (unpaired) electrons. The van der Waals surface area contributed by atoms with Crippen molar-refractivity contribution in [3.8, 4) is 0 Å². The molecule has 19 fully saturated rings. The van der Waals surface area contributed by atoms with Crippen molar-refractivity contribution in [2.75, 3.05) is 0 Å². The molecule has 19 aliphatic carbocycles. The first-order chi connectivity index (χ1) is 16.4. The van der Waals surface area contributed by atoms with Crippen LogP contribution in [0.25, 0.3) is 0 Å². The third-order valence-corrected chi connectivity index (χ3v) is 24.2. The summed E-state index contributed by atoms with van der Waals surface area (Å²) in [5.41, 5.74) is 7.58. The minimum Gasteiger partial charge on any atom is -0.0462 e. The van der Waals surface area contributed by atoms with Crippen LogP contribution in [0.4, 0.5) is 0 Å². The predicted octanol–water partition coefficient (Wildman–Crippen LogP) is 4.27. The zero-order valence-corrected chi connectivity index (χ0v) is 19.0. The zero-order chi connectivity index (χ0) is 19.0. The molecular formula is C33H30. The fourth-order valence-corrected chi connectivity index (χ4v) is 27.4. The predicted molar refractivity (Wildman–Crippen MR) is 112 cm³/mol. The van der Waals surface area contributed by atoms with E-state index in [0.29, 0.717) is 0 Å². The maximum Gasteiger partial charge on any atom is -0.00933 e. The molecule has 0 aromatic rings. The Hall–Kier alpha value is 0. The van der Waals surface area contributed by atoms with Gasteiger partial charge >= 0.3 is 0 Å². The number of hydrogen-bond donors (Lipinski definition) is 0. The van der Waals surface area contributed by atoms with Gasteiger partial charge < -0.3 is 0 Å². The van der Waals surface area contributed by atoms with Crippen molar-refractivity contribution in [3.63, 3.8) is 0 Å². The van der Waals surface area contributed by atoms with Crippen molar-refractivity contribution in [1.82, 2.24) is 0 Å². The Balaban J connectivity index is 0.894. The molecule has 19 saturated carbocycles. The molecule has 0 N–H and O–H groups in total. The van der Waals surface area contributed by atoms with Gasteiger partial charge in [-0.15, -0.1) is 0 Å². The highest BCUT2D eigenvalue weighted by Gasteiger charge is 3.30. The summed E-state index contributed by atoms with van der Waals surface area (Å²) in [5, 5.41) is 0. The SMILES string of the molecule is C1C2CC3C4C5C6C(C7C1C23C74)C1C2C3C4C7C8CC9CC%10C%11C%12C%13C%14C5C61C2%14C3%13C4%12C7%11C98%10. The zero-order valence-electron chi connectivity index (χ0n) is 19.0. The summed E-state index contributed by atoms with van der Waals surface area (Å²) in [5.74, 6) is 29.5. The molecular weight excluding hydrogens is 396 g/mol. The molecule has 162 valence electrons. The molecule has 0 aromatic heterocycles. The minimum absolute atomic E-state index is 1.05. The van der Waals surface area contributed by atoms with E-state index < -0.39 is 0 Å². The maximum atomic E-state index is 1.74. The largest absolute Gasteiger partial charge is 0.0462 e. The minimum atomic E-state index is 1.05. The van der Waals surface area contributed by atoms with Gasteiger partial charge in [0.05, 0.1) is 0 Å². The third kappa shape index (κ3) is 0.465. The molecule has 0 heteroatoms. The van der Waals surface area contributed by atoms with E-state index in [0.717, 1.165) is 37.9 Å². The van der Waals surface area contributed by atoms with Crippen molar-refractivity contribution in [3.05, 3.63) is 0 Å². The molecule has 0 aliphatic heterocycles. The lowest BCUT2D eigenvalue weighted by atomic mass is 8.71. The molecule has 18 unspecified atom stereocenters. The summed E-state index contributed by atoms with van der Waals surface area (Å²) in [6.07, 6.45) is 6.96. The van der Waals surface area contributed by atoms with E-state index in [1.807, 2.05) is 0 Å². The van der Waals surface area contributed by atoms with Crippen LogP contribution in [0.3, 0.4) is 0 Å². The summed E-state index contributed by atoms with van der Waals surface area (Å²) in [7, 11) is 0. The van der Waals surface area contributed by atoms with Crippen LogP contribution in [0.1, 0.15) is 25.7 Å². The molecule has 0 bridgehead atoms. The Morgan fingerprint density at radius 1 is 0.333 bits per heavy atom. The lowest BCUT2D eigenvalue weighted by Gasteiger charge is -3.32. The molecule has 18 atom stereocenters.